The van der Waals surface area contributed by atoms with E-state index in [0.29, 0.717) is 0 Å². The number of rotatable bonds is 4. The largest absolute Gasteiger partial charge is 0.348 e. The average Bonchev–Trinajstić information content (AvgIpc) is 2.28. The second kappa shape index (κ2) is 4.86. The molecule has 3 nitrogen and oxygen atoms in total. The quantitative estimate of drug-likeness (QED) is 0.802. The summed E-state index contributed by atoms with van der Waals surface area (Å²) in [4.78, 5) is 0. The number of hydrogen-bond donors (Lipinski definition) is 1. The van der Waals surface area contributed by atoms with Crippen LogP contribution in [-0.4, -0.2) is 20.8 Å². The molecule has 1 aromatic rings. The molecule has 1 aromatic carbocycles. The van der Waals surface area contributed by atoms with Crippen molar-refractivity contribution in [2.75, 3.05) is 20.8 Å². The summed E-state index contributed by atoms with van der Waals surface area (Å²) in [6.07, 6.45) is 0. The molecule has 0 aromatic heterocycles. The molecule has 0 saturated carbocycles. The van der Waals surface area contributed by atoms with Crippen LogP contribution in [0.4, 0.5) is 8.78 Å². The molecule has 2 N–H and O–H groups in total. The van der Waals surface area contributed by atoms with Gasteiger partial charge in [0.2, 0.25) is 5.79 Å². The molecule has 0 aliphatic rings. The van der Waals surface area contributed by atoms with Crippen LogP contribution in [0.3, 0.4) is 0 Å². The van der Waals surface area contributed by atoms with E-state index in [9.17, 15) is 8.78 Å². The van der Waals surface area contributed by atoms with Crippen LogP contribution in [0.2, 0.25) is 0 Å². The SMILES string of the molecule is COC(CN)(OC)c1cc(F)c(C)cc1F. The molecular formula is C11H15F2NO2. The second-order valence-corrected chi connectivity index (χ2v) is 3.45. The Hall–Kier alpha value is -1.04. The van der Waals surface area contributed by atoms with Crippen molar-refractivity contribution >= 4 is 0 Å². The first-order chi connectivity index (χ1) is 7.50. The molecule has 0 aliphatic heterocycles. The summed E-state index contributed by atoms with van der Waals surface area (Å²) in [6, 6.07) is 2.14. The van der Waals surface area contributed by atoms with Crippen LogP contribution in [0.15, 0.2) is 12.1 Å². The Kier molecular flexibility index (Phi) is 3.96. The number of methoxy groups -OCH3 is 2. The van der Waals surface area contributed by atoms with E-state index in [1.807, 2.05) is 0 Å². The fraction of sp³-hybridized carbons (Fsp3) is 0.455. The fourth-order valence-corrected chi connectivity index (χ4v) is 1.52. The zero-order valence-electron chi connectivity index (χ0n) is 9.51. The summed E-state index contributed by atoms with van der Waals surface area (Å²) < 4.78 is 37.2. The van der Waals surface area contributed by atoms with E-state index in [1.165, 1.54) is 21.1 Å². The summed E-state index contributed by atoms with van der Waals surface area (Å²) in [7, 11) is 2.65. The van der Waals surface area contributed by atoms with Gasteiger partial charge in [-0.25, -0.2) is 8.78 Å². The lowest BCUT2D eigenvalue weighted by atomic mass is 10.0. The zero-order chi connectivity index (χ0) is 12.3. The summed E-state index contributed by atoms with van der Waals surface area (Å²) in [5.41, 5.74) is 5.66. The maximum Gasteiger partial charge on any atom is 0.210 e. The minimum atomic E-state index is -1.45. The highest BCUT2D eigenvalue weighted by atomic mass is 19.1. The molecule has 90 valence electrons. The van der Waals surface area contributed by atoms with Crippen LogP contribution in [0.1, 0.15) is 11.1 Å². The van der Waals surface area contributed by atoms with Gasteiger partial charge in [0, 0.05) is 14.2 Å². The summed E-state index contributed by atoms with van der Waals surface area (Å²) in [5.74, 6) is -2.57. The van der Waals surface area contributed by atoms with E-state index in [2.05, 4.69) is 0 Å². The van der Waals surface area contributed by atoms with Crippen molar-refractivity contribution in [3.05, 3.63) is 34.9 Å². The highest BCUT2D eigenvalue weighted by Gasteiger charge is 2.34. The van der Waals surface area contributed by atoms with Gasteiger partial charge in [-0.2, -0.15) is 0 Å². The van der Waals surface area contributed by atoms with Crippen molar-refractivity contribution in [2.45, 2.75) is 12.7 Å². The topological polar surface area (TPSA) is 44.5 Å². The van der Waals surface area contributed by atoms with Crippen LogP contribution in [0, 0.1) is 18.6 Å². The maximum atomic E-state index is 13.7. The molecule has 0 spiro atoms. The molecular weight excluding hydrogens is 216 g/mol. The molecule has 0 bridgehead atoms. The van der Waals surface area contributed by atoms with Gasteiger partial charge in [0.15, 0.2) is 0 Å². The predicted octanol–water partition coefficient (Wildman–Crippen LogP) is 1.68. The smallest absolute Gasteiger partial charge is 0.210 e. The first-order valence-electron chi connectivity index (χ1n) is 4.77. The molecule has 0 fully saturated rings. The van der Waals surface area contributed by atoms with Gasteiger partial charge in [-0.05, 0) is 24.6 Å². The molecule has 16 heavy (non-hydrogen) atoms. The minimum absolute atomic E-state index is 0.0388. The van der Waals surface area contributed by atoms with Crippen molar-refractivity contribution in [2.24, 2.45) is 5.73 Å². The van der Waals surface area contributed by atoms with Gasteiger partial charge in [0.1, 0.15) is 11.6 Å². The standard InChI is InChI=1S/C11H15F2NO2/c1-7-4-10(13)8(5-9(7)12)11(6-14,15-2)16-3/h4-5H,6,14H2,1-3H3. The third-order valence-electron chi connectivity index (χ3n) is 2.59. The normalized spacial score (nSPS) is 11.9. The van der Waals surface area contributed by atoms with Gasteiger partial charge in [-0.15, -0.1) is 0 Å². The van der Waals surface area contributed by atoms with Crippen molar-refractivity contribution in [3.8, 4) is 0 Å². The Bertz CT molecular complexity index is 370. The van der Waals surface area contributed by atoms with Gasteiger partial charge in [-0.3, -0.25) is 0 Å². The lowest BCUT2D eigenvalue weighted by molar-refractivity contribution is -0.209. The number of ether oxygens (including phenoxy) is 2. The molecule has 0 heterocycles. The highest BCUT2D eigenvalue weighted by Crippen LogP contribution is 2.29. The molecule has 0 radical (unpaired) electrons. The summed E-state index contributed by atoms with van der Waals surface area (Å²) >= 11 is 0. The monoisotopic (exact) mass is 231 g/mol. The Balaban J connectivity index is 3.35. The molecule has 0 amide bonds. The van der Waals surface area contributed by atoms with Crippen molar-refractivity contribution in [1.82, 2.24) is 0 Å². The first kappa shape index (κ1) is 13.0. The van der Waals surface area contributed by atoms with Gasteiger partial charge < -0.3 is 15.2 Å². The third kappa shape index (κ3) is 2.07. The molecule has 1 rings (SSSR count). The Morgan fingerprint density at radius 2 is 1.75 bits per heavy atom. The van der Waals surface area contributed by atoms with Crippen molar-refractivity contribution in [3.63, 3.8) is 0 Å². The van der Waals surface area contributed by atoms with E-state index in [4.69, 9.17) is 15.2 Å². The molecule has 0 atom stereocenters. The minimum Gasteiger partial charge on any atom is -0.348 e. The number of benzene rings is 1. The lowest BCUT2D eigenvalue weighted by Gasteiger charge is -2.30. The maximum absolute atomic E-state index is 13.7. The lowest BCUT2D eigenvalue weighted by Crippen LogP contribution is -2.40. The van der Waals surface area contributed by atoms with Crippen LogP contribution in [0.25, 0.3) is 0 Å². The highest BCUT2D eigenvalue weighted by molar-refractivity contribution is 5.29. The van der Waals surface area contributed by atoms with Crippen LogP contribution < -0.4 is 5.73 Å². The predicted molar refractivity (Wildman–Crippen MR) is 55.8 cm³/mol. The van der Waals surface area contributed by atoms with Crippen LogP contribution in [0.5, 0.6) is 0 Å². The van der Waals surface area contributed by atoms with E-state index < -0.39 is 17.4 Å². The summed E-state index contributed by atoms with van der Waals surface area (Å²) in [5, 5.41) is 0. The van der Waals surface area contributed by atoms with Crippen molar-refractivity contribution in [1.29, 1.82) is 0 Å². The zero-order valence-corrected chi connectivity index (χ0v) is 9.51. The Morgan fingerprint density at radius 1 is 1.19 bits per heavy atom. The molecule has 0 unspecified atom stereocenters. The molecule has 0 aliphatic carbocycles. The first-order valence-corrected chi connectivity index (χ1v) is 4.77. The fourth-order valence-electron chi connectivity index (χ4n) is 1.52. The van der Waals surface area contributed by atoms with Crippen LogP contribution in [-0.2, 0) is 15.3 Å². The van der Waals surface area contributed by atoms with Gasteiger partial charge >= 0.3 is 0 Å². The van der Waals surface area contributed by atoms with E-state index >= 15 is 0 Å². The average molecular weight is 231 g/mol. The van der Waals surface area contributed by atoms with Gasteiger partial charge in [-0.1, -0.05) is 0 Å². The van der Waals surface area contributed by atoms with Crippen molar-refractivity contribution < 1.29 is 18.3 Å². The Morgan fingerprint density at radius 3 is 2.19 bits per heavy atom. The van der Waals surface area contributed by atoms with E-state index in [-0.39, 0.29) is 17.7 Å². The van der Waals surface area contributed by atoms with Gasteiger partial charge in [0.25, 0.3) is 0 Å². The number of aryl methyl sites for hydroxylation is 1. The molecule has 5 heteroatoms. The number of halogens is 2. The molecule has 0 saturated heterocycles. The van der Waals surface area contributed by atoms with Gasteiger partial charge in [0.05, 0.1) is 12.1 Å². The van der Waals surface area contributed by atoms with E-state index in [0.717, 1.165) is 12.1 Å². The Labute approximate surface area is 93.2 Å². The van der Waals surface area contributed by atoms with Crippen LogP contribution >= 0.6 is 0 Å². The summed E-state index contributed by atoms with van der Waals surface area (Å²) in [6.45, 7) is 1.37. The number of hydrogen-bond acceptors (Lipinski definition) is 3. The third-order valence-corrected chi connectivity index (χ3v) is 2.59. The van der Waals surface area contributed by atoms with E-state index in [1.54, 1.807) is 0 Å². The second-order valence-electron chi connectivity index (χ2n) is 3.45. The number of nitrogens with two attached hydrogens (primary N) is 1.